The average Bonchev–Trinajstić information content (AvgIpc) is 3.49. The van der Waals surface area contributed by atoms with E-state index in [-0.39, 0.29) is 40.6 Å². The Morgan fingerprint density at radius 1 is 1.04 bits per heavy atom. The van der Waals surface area contributed by atoms with E-state index < -0.39 is 16.1 Å². The third-order valence-electron chi connectivity index (χ3n) is 10.4. The Morgan fingerprint density at radius 3 is 2.47 bits per heavy atom. The van der Waals surface area contributed by atoms with Gasteiger partial charge >= 0.3 is 6.03 Å². The van der Waals surface area contributed by atoms with E-state index in [4.69, 9.17) is 16.3 Å². The first-order valence-electron chi connectivity index (χ1n) is 17.7. The van der Waals surface area contributed by atoms with Gasteiger partial charge < -0.3 is 10.1 Å². The molecule has 0 aliphatic carbocycles. The largest absolute Gasteiger partial charge is 0.491 e. The van der Waals surface area contributed by atoms with Crippen molar-refractivity contribution in [3.05, 3.63) is 64.9 Å². The highest BCUT2D eigenvalue weighted by molar-refractivity contribution is 7.89. The molecule has 1 atom stereocenters. The van der Waals surface area contributed by atoms with E-state index in [1.165, 1.54) is 45.4 Å². The number of urea groups is 1. The Kier molecular flexibility index (Phi) is 10.5. The Balaban J connectivity index is 0.939. The van der Waals surface area contributed by atoms with Crippen LogP contribution in [0.2, 0.25) is 5.02 Å². The van der Waals surface area contributed by atoms with Crippen LogP contribution in [0, 0.1) is 11.3 Å². The van der Waals surface area contributed by atoms with Gasteiger partial charge in [-0.1, -0.05) is 17.7 Å². The predicted molar refractivity (Wildman–Crippen MR) is 198 cm³/mol. The number of sulfonamides is 1. The number of ether oxygens (including phenoxy) is 1. The summed E-state index contributed by atoms with van der Waals surface area (Å²) in [5.74, 6) is 1.32. The molecule has 3 aliphatic heterocycles. The molecule has 278 valence electrons. The number of aromatic nitrogens is 4. The fraction of sp³-hybridized carbons (Fsp3) is 0.444. The van der Waals surface area contributed by atoms with Crippen molar-refractivity contribution in [3.63, 3.8) is 0 Å². The van der Waals surface area contributed by atoms with Gasteiger partial charge in [0.25, 0.3) is 0 Å². The SMILES string of the molecule is CC(COc1cc(S(=O)(=O)N2CCC(Nc3ncc(Cl)cn3)CC2)ccc1C#N)N1CCC(c2ccc3c(N4CCC(=O)NC4=O)nn(C)c3c2)CC1. The normalized spacial score (nSPS) is 18.9. The van der Waals surface area contributed by atoms with Crippen molar-refractivity contribution in [1.29, 1.82) is 5.26 Å². The minimum Gasteiger partial charge on any atom is -0.491 e. The summed E-state index contributed by atoms with van der Waals surface area (Å²) in [6.45, 7) is 5.02. The average molecular weight is 761 g/mol. The topological polar surface area (TPSA) is 179 Å². The van der Waals surface area contributed by atoms with Crippen molar-refractivity contribution in [1.82, 2.24) is 34.3 Å². The number of imide groups is 1. The molecule has 3 fully saturated rings. The summed E-state index contributed by atoms with van der Waals surface area (Å²) in [4.78, 5) is 36.4. The number of aryl methyl sites for hydroxylation is 1. The van der Waals surface area contributed by atoms with Gasteiger partial charge in [-0.25, -0.2) is 23.2 Å². The number of nitrogens with zero attached hydrogens (tertiary/aromatic N) is 8. The Labute approximate surface area is 312 Å². The molecule has 0 radical (unpaired) electrons. The molecule has 0 bridgehead atoms. The minimum atomic E-state index is -3.81. The van der Waals surface area contributed by atoms with Crippen molar-refractivity contribution in [2.75, 3.05) is 49.5 Å². The zero-order valence-corrected chi connectivity index (χ0v) is 31.1. The van der Waals surface area contributed by atoms with Gasteiger partial charge in [0.05, 0.1) is 33.4 Å². The summed E-state index contributed by atoms with van der Waals surface area (Å²) in [6, 6.07) is 12.4. The molecule has 5 heterocycles. The van der Waals surface area contributed by atoms with Crippen LogP contribution >= 0.6 is 11.6 Å². The maximum Gasteiger partial charge on any atom is 0.329 e. The molecule has 3 saturated heterocycles. The van der Waals surface area contributed by atoms with Crippen LogP contribution in [0.25, 0.3) is 10.9 Å². The number of likely N-dealkylation sites (tertiary alicyclic amines) is 1. The summed E-state index contributed by atoms with van der Waals surface area (Å²) in [5.41, 5.74) is 2.42. The van der Waals surface area contributed by atoms with Crippen LogP contribution in [0.5, 0.6) is 5.75 Å². The van der Waals surface area contributed by atoms with Crippen LogP contribution in [0.3, 0.4) is 0 Å². The van der Waals surface area contributed by atoms with Gasteiger partial charge in [-0.3, -0.25) is 24.6 Å². The molecular formula is C36H41ClN10O5S. The number of amides is 3. The first kappa shape index (κ1) is 36.5. The fourth-order valence-electron chi connectivity index (χ4n) is 7.30. The third kappa shape index (κ3) is 7.79. The second kappa shape index (κ2) is 15.3. The molecule has 1 unspecified atom stereocenters. The highest BCUT2D eigenvalue weighted by Crippen LogP contribution is 2.34. The lowest BCUT2D eigenvalue weighted by molar-refractivity contribution is -0.120. The van der Waals surface area contributed by atoms with Gasteiger partial charge in [0, 0.05) is 56.6 Å². The van der Waals surface area contributed by atoms with Gasteiger partial charge in [-0.05, 0) is 81.4 Å². The van der Waals surface area contributed by atoms with Crippen LogP contribution < -0.4 is 20.3 Å². The molecule has 2 aromatic carbocycles. The standard InChI is InChI=1S/C36H41ClN10O5S/c1-23(45-12-7-24(8-13-45)25-4-6-30-31(17-25)44(2)43-34(30)47-16-11-33(48)42-36(47)49)22-52-32-18-29(5-3-26(32)19-38)53(50,51)46-14-9-28(10-15-46)41-35-39-20-27(37)21-40-35/h3-6,17-18,20-21,23-24,28H,7-16,22H2,1-2H3,(H,39,40,41)(H,42,48,49). The molecule has 15 nitrogen and oxygen atoms in total. The number of nitrogens with one attached hydrogen (secondary N) is 2. The van der Waals surface area contributed by atoms with E-state index in [9.17, 15) is 23.3 Å². The van der Waals surface area contributed by atoms with Crippen molar-refractivity contribution in [2.45, 2.75) is 61.9 Å². The molecule has 3 aliphatic rings. The maximum atomic E-state index is 13.6. The van der Waals surface area contributed by atoms with Gasteiger partial charge in [-0.15, -0.1) is 0 Å². The van der Waals surface area contributed by atoms with Gasteiger partial charge in [0.15, 0.2) is 5.82 Å². The summed E-state index contributed by atoms with van der Waals surface area (Å²) >= 11 is 5.88. The second-order valence-corrected chi connectivity index (χ2v) is 16.1. The summed E-state index contributed by atoms with van der Waals surface area (Å²) in [7, 11) is -1.95. The fourth-order valence-corrected chi connectivity index (χ4v) is 8.88. The van der Waals surface area contributed by atoms with Gasteiger partial charge in [-0.2, -0.15) is 14.7 Å². The Hall–Kier alpha value is -4.82. The zero-order valence-electron chi connectivity index (χ0n) is 29.5. The summed E-state index contributed by atoms with van der Waals surface area (Å²) in [6.07, 6.45) is 6.30. The molecule has 4 aromatic rings. The van der Waals surface area contributed by atoms with Gasteiger partial charge in [0.1, 0.15) is 18.4 Å². The smallest absolute Gasteiger partial charge is 0.329 e. The maximum absolute atomic E-state index is 13.6. The Morgan fingerprint density at radius 2 is 1.77 bits per heavy atom. The van der Waals surface area contributed by atoms with E-state index in [0.717, 1.165) is 36.8 Å². The van der Waals surface area contributed by atoms with Crippen molar-refractivity contribution in [2.24, 2.45) is 7.05 Å². The lowest BCUT2D eigenvalue weighted by atomic mass is 9.88. The number of anilines is 2. The molecule has 0 spiro atoms. The van der Waals surface area contributed by atoms with E-state index in [0.29, 0.717) is 61.8 Å². The predicted octanol–water partition coefficient (Wildman–Crippen LogP) is 4.25. The second-order valence-electron chi connectivity index (χ2n) is 13.8. The highest BCUT2D eigenvalue weighted by Gasteiger charge is 2.32. The number of carbonyl (C=O) groups is 2. The molecular weight excluding hydrogens is 720 g/mol. The molecule has 7 rings (SSSR count). The van der Waals surface area contributed by atoms with Gasteiger partial charge in [0.2, 0.25) is 21.9 Å². The molecule has 2 aromatic heterocycles. The Bertz CT molecular complexity index is 2160. The number of hydrogen-bond donors (Lipinski definition) is 2. The molecule has 53 heavy (non-hydrogen) atoms. The number of hydrogen-bond acceptors (Lipinski definition) is 11. The van der Waals surface area contributed by atoms with E-state index in [2.05, 4.69) is 55.7 Å². The minimum absolute atomic E-state index is 0.0252. The quantitative estimate of drug-likeness (QED) is 0.236. The summed E-state index contributed by atoms with van der Waals surface area (Å²) < 4.78 is 36.7. The molecule has 3 amide bonds. The first-order chi connectivity index (χ1) is 25.5. The van der Waals surface area contributed by atoms with Crippen LogP contribution in [-0.2, 0) is 21.9 Å². The van der Waals surface area contributed by atoms with Crippen LogP contribution in [0.1, 0.15) is 56.1 Å². The van der Waals surface area contributed by atoms with Crippen molar-refractivity contribution in [3.8, 4) is 11.8 Å². The first-order valence-corrected chi connectivity index (χ1v) is 19.5. The lowest BCUT2D eigenvalue weighted by Crippen LogP contribution is -2.49. The molecule has 2 N–H and O–H groups in total. The summed E-state index contributed by atoms with van der Waals surface area (Å²) in [5, 5.41) is 21.3. The van der Waals surface area contributed by atoms with E-state index >= 15 is 0 Å². The van der Waals surface area contributed by atoms with Crippen molar-refractivity contribution < 1.29 is 22.7 Å². The number of rotatable bonds is 10. The lowest BCUT2D eigenvalue weighted by Gasteiger charge is -2.36. The van der Waals surface area contributed by atoms with Crippen LogP contribution in [0.15, 0.2) is 53.7 Å². The number of nitriles is 1. The number of carbonyl (C=O) groups excluding carboxylic acids is 2. The van der Waals surface area contributed by atoms with E-state index in [1.807, 2.05) is 13.1 Å². The highest BCUT2D eigenvalue weighted by atomic mass is 35.5. The number of halogens is 1. The van der Waals surface area contributed by atoms with E-state index in [1.54, 1.807) is 4.68 Å². The number of benzene rings is 2. The third-order valence-corrected chi connectivity index (χ3v) is 12.5. The number of fused-ring (bicyclic) bond motifs is 1. The zero-order chi connectivity index (χ0) is 37.3. The molecule has 0 saturated carbocycles. The monoisotopic (exact) mass is 760 g/mol. The van der Waals surface area contributed by atoms with Crippen molar-refractivity contribution >= 4 is 56.2 Å². The number of piperidine rings is 2. The van der Waals surface area contributed by atoms with Crippen LogP contribution in [-0.4, -0.2) is 101 Å². The van der Waals surface area contributed by atoms with Crippen LogP contribution in [0.4, 0.5) is 16.6 Å². The molecule has 17 heteroatoms.